The van der Waals surface area contributed by atoms with E-state index in [0.29, 0.717) is 16.6 Å². The highest BCUT2D eigenvalue weighted by Gasteiger charge is 2.20. The van der Waals surface area contributed by atoms with Crippen LogP contribution >= 0.6 is 0 Å². The number of nitrogens with zero attached hydrogens (tertiary/aromatic N) is 2. The smallest absolute Gasteiger partial charge is 0.323 e. The Morgan fingerprint density at radius 2 is 2.10 bits per heavy atom. The van der Waals surface area contributed by atoms with Crippen LogP contribution in [0.15, 0.2) is 43.1 Å². The van der Waals surface area contributed by atoms with E-state index in [1.54, 1.807) is 29.2 Å². The predicted octanol–water partition coefficient (Wildman–Crippen LogP) is 1.41. The third kappa shape index (κ3) is 3.00. The Hall–Kier alpha value is -2.89. The van der Waals surface area contributed by atoms with Gasteiger partial charge in [-0.3, -0.25) is 14.6 Å². The number of rotatable bonds is 6. The summed E-state index contributed by atoms with van der Waals surface area (Å²) in [4.78, 5) is 28.4. The zero-order valence-corrected chi connectivity index (χ0v) is 11.3. The SMILES string of the molecule is C=CCN(CC(=O)O)c1c(C(N)=O)cnc2ccccc12. The van der Waals surface area contributed by atoms with Crippen molar-refractivity contribution in [3.63, 3.8) is 0 Å². The first kappa shape index (κ1) is 14.5. The topological polar surface area (TPSA) is 96.5 Å². The maximum absolute atomic E-state index is 11.6. The molecule has 0 spiro atoms. The minimum atomic E-state index is -1.01. The van der Waals surface area contributed by atoms with Crippen molar-refractivity contribution in [2.45, 2.75) is 0 Å². The highest BCUT2D eigenvalue weighted by Crippen LogP contribution is 2.29. The fraction of sp³-hybridized carbons (Fsp3) is 0.133. The summed E-state index contributed by atoms with van der Waals surface area (Å²) in [6.07, 6.45) is 2.95. The van der Waals surface area contributed by atoms with E-state index in [2.05, 4.69) is 11.6 Å². The van der Waals surface area contributed by atoms with E-state index in [1.807, 2.05) is 6.07 Å². The highest BCUT2D eigenvalue weighted by atomic mass is 16.4. The van der Waals surface area contributed by atoms with Gasteiger partial charge in [0.25, 0.3) is 5.91 Å². The molecule has 0 atom stereocenters. The van der Waals surface area contributed by atoms with Crippen molar-refractivity contribution in [1.82, 2.24) is 4.98 Å². The number of carboxylic acid groups (broad SMARTS) is 1. The number of amides is 1. The van der Waals surface area contributed by atoms with Crippen molar-refractivity contribution in [3.8, 4) is 0 Å². The molecule has 0 aliphatic heterocycles. The van der Waals surface area contributed by atoms with Gasteiger partial charge in [-0.25, -0.2) is 0 Å². The summed E-state index contributed by atoms with van der Waals surface area (Å²) in [5, 5.41) is 9.74. The normalized spacial score (nSPS) is 10.3. The second-order valence-electron chi connectivity index (χ2n) is 4.46. The summed E-state index contributed by atoms with van der Waals surface area (Å²) in [6.45, 7) is 3.64. The molecule has 21 heavy (non-hydrogen) atoms. The summed E-state index contributed by atoms with van der Waals surface area (Å²) in [7, 11) is 0. The number of carbonyl (C=O) groups excluding carboxylic acids is 1. The number of aliphatic carboxylic acids is 1. The van der Waals surface area contributed by atoms with Gasteiger partial charge >= 0.3 is 5.97 Å². The lowest BCUT2D eigenvalue weighted by atomic mass is 10.1. The maximum Gasteiger partial charge on any atom is 0.323 e. The lowest BCUT2D eigenvalue weighted by molar-refractivity contribution is -0.135. The van der Waals surface area contributed by atoms with Crippen LogP contribution < -0.4 is 10.6 Å². The number of benzene rings is 1. The number of pyridine rings is 1. The zero-order chi connectivity index (χ0) is 15.4. The van der Waals surface area contributed by atoms with Crippen LogP contribution in [-0.2, 0) is 4.79 Å². The van der Waals surface area contributed by atoms with Gasteiger partial charge in [-0.2, -0.15) is 0 Å². The summed E-state index contributed by atoms with van der Waals surface area (Å²) >= 11 is 0. The molecule has 0 bridgehead atoms. The van der Waals surface area contributed by atoms with Crippen LogP contribution in [0.2, 0.25) is 0 Å². The minimum absolute atomic E-state index is 0.191. The molecular weight excluding hydrogens is 270 g/mol. The van der Waals surface area contributed by atoms with Gasteiger partial charge in [0.15, 0.2) is 0 Å². The number of aromatic nitrogens is 1. The molecule has 6 heteroatoms. The number of hydrogen-bond acceptors (Lipinski definition) is 4. The number of nitrogens with two attached hydrogens (primary N) is 1. The zero-order valence-electron chi connectivity index (χ0n) is 11.3. The number of para-hydroxylation sites is 1. The van der Waals surface area contributed by atoms with E-state index in [4.69, 9.17) is 10.8 Å². The predicted molar refractivity (Wildman–Crippen MR) is 80.3 cm³/mol. The molecule has 0 aliphatic rings. The number of anilines is 1. The Balaban J connectivity index is 2.71. The molecule has 0 saturated heterocycles. The first-order valence-corrected chi connectivity index (χ1v) is 6.29. The first-order chi connectivity index (χ1) is 10.0. The van der Waals surface area contributed by atoms with Gasteiger partial charge in [-0.05, 0) is 6.07 Å². The summed E-state index contributed by atoms with van der Waals surface area (Å²) in [5.41, 5.74) is 6.71. The monoisotopic (exact) mass is 285 g/mol. The van der Waals surface area contributed by atoms with Crippen LogP contribution in [-0.4, -0.2) is 35.1 Å². The first-order valence-electron chi connectivity index (χ1n) is 6.29. The summed E-state index contributed by atoms with van der Waals surface area (Å²) < 4.78 is 0. The van der Waals surface area contributed by atoms with Gasteiger partial charge in [0.2, 0.25) is 0 Å². The van der Waals surface area contributed by atoms with Crippen LogP contribution in [0.4, 0.5) is 5.69 Å². The quantitative estimate of drug-likeness (QED) is 0.782. The second kappa shape index (κ2) is 6.04. The highest BCUT2D eigenvalue weighted by molar-refractivity contribution is 6.07. The van der Waals surface area contributed by atoms with E-state index in [1.165, 1.54) is 6.20 Å². The van der Waals surface area contributed by atoms with E-state index >= 15 is 0 Å². The van der Waals surface area contributed by atoms with Crippen molar-refractivity contribution in [3.05, 3.63) is 48.7 Å². The van der Waals surface area contributed by atoms with Crippen LogP contribution in [0.3, 0.4) is 0 Å². The Labute approximate surface area is 121 Å². The number of primary amides is 1. The maximum atomic E-state index is 11.6. The fourth-order valence-corrected chi connectivity index (χ4v) is 2.20. The second-order valence-corrected chi connectivity index (χ2v) is 4.46. The van der Waals surface area contributed by atoms with E-state index < -0.39 is 11.9 Å². The molecule has 0 aliphatic carbocycles. The molecule has 6 nitrogen and oxygen atoms in total. The van der Waals surface area contributed by atoms with Crippen LogP contribution in [0.25, 0.3) is 10.9 Å². The molecule has 2 rings (SSSR count). The minimum Gasteiger partial charge on any atom is -0.480 e. The van der Waals surface area contributed by atoms with Crippen molar-refractivity contribution >= 4 is 28.5 Å². The van der Waals surface area contributed by atoms with Crippen LogP contribution in [0, 0.1) is 0 Å². The summed E-state index contributed by atoms with van der Waals surface area (Å²) in [5.74, 6) is -1.66. The fourth-order valence-electron chi connectivity index (χ4n) is 2.20. The van der Waals surface area contributed by atoms with Gasteiger partial charge < -0.3 is 15.7 Å². The number of carbonyl (C=O) groups is 2. The number of fused-ring (bicyclic) bond motifs is 1. The molecule has 2 aromatic rings. The van der Waals surface area contributed by atoms with E-state index in [0.717, 1.165) is 0 Å². The average molecular weight is 285 g/mol. The standard InChI is InChI=1S/C15H15N3O3/c1-2-7-18(9-13(19)20)14-10-5-3-4-6-12(10)17-8-11(14)15(16)21/h2-6,8H,1,7,9H2,(H2,16,21)(H,19,20). The van der Waals surface area contributed by atoms with Crippen molar-refractivity contribution < 1.29 is 14.7 Å². The molecule has 0 unspecified atom stereocenters. The molecule has 1 aromatic carbocycles. The lowest BCUT2D eigenvalue weighted by Crippen LogP contribution is -2.32. The lowest BCUT2D eigenvalue weighted by Gasteiger charge is -2.24. The molecule has 3 N–H and O–H groups in total. The van der Waals surface area contributed by atoms with Crippen LogP contribution in [0.5, 0.6) is 0 Å². The van der Waals surface area contributed by atoms with Crippen molar-refractivity contribution in [2.75, 3.05) is 18.0 Å². The molecule has 0 radical (unpaired) electrons. The Morgan fingerprint density at radius 1 is 1.38 bits per heavy atom. The Bertz CT molecular complexity index is 712. The average Bonchev–Trinajstić information content (AvgIpc) is 2.45. The van der Waals surface area contributed by atoms with Crippen molar-refractivity contribution in [1.29, 1.82) is 0 Å². The molecule has 1 amide bonds. The molecule has 108 valence electrons. The van der Waals surface area contributed by atoms with Crippen LogP contribution in [0.1, 0.15) is 10.4 Å². The van der Waals surface area contributed by atoms with Gasteiger partial charge in [0.1, 0.15) is 6.54 Å². The Morgan fingerprint density at radius 3 is 2.71 bits per heavy atom. The number of carboxylic acids is 1. The Kier molecular flexibility index (Phi) is 4.18. The van der Waals surface area contributed by atoms with E-state index in [9.17, 15) is 9.59 Å². The van der Waals surface area contributed by atoms with Gasteiger partial charge in [0, 0.05) is 18.1 Å². The molecule has 0 fully saturated rings. The largest absolute Gasteiger partial charge is 0.480 e. The van der Waals surface area contributed by atoms with Crippen molar-refractivity contribution in [2.24, 2.45) is 5.73 Å². The number of hydrogen-bond donors (Lipinski definition) is 2. The van der Waals surface area contributed by atoms with Gasteiger partial charge in [0.05, 0.1) is 16.8 Å². The molecular formula is C15H15N3O3. The third-order valence-corrected chi connectivity index (χ3v) is 3.00. The third-order valence-electron chi connectivity index (χ3n) is 3.00. The molecule has 0 saturated carbocycles. The molecule has 1 aromatic heterocycles. The van der Waals surface area contributed by atoms with E-state index in [-0.39, 0.29) is 18.7 Å². The van der Waals surface area contributed by atoms with Gasteiger partial charge in [-0.1, -0.05) is 24.3 Å². The molecule has 1 heterocycles. The summed E-state index contributed by atoms with van der Waals surface area (Å²) in [6, 6.07) is 7.18. The van der Waals surface area contributed by atoms with Gasteiger partial charge in [-0.15, -0.1) is 6.58 Å².